The summed E-state index contributed by atoms with van der Waals surface area (Å²) in [6.45, 7) is 0. The molecule has 2 aromatic rings. The first-order valence-electron chi connectivity index (χ1n) is 6.98. The van der Waals surface area contributed by atoms with Gasteiger partial charge >= 0.3 is 6.18 Å². The van der Waals surface area contributed by atoms with E-state index in [0.29, 0.717) is 11.4 Å². The monoisotopic (exact) mass is 369 g/mol. The van der Waals surface area contributed by atoms with Gasteiger partial charge in [-0.3, -0.25) is 15.6 Å². The minimum absolute atomic E-state index is 0.0745. The number of thiocarbonyl (C=S) groups is 1. The van der Waals surface area contributed by atoms with E-state index in [1.54, 1.807) is 24.3 Å². The number of rotatable bonds is 3. The number of methoxy groups -OCH3 is 1. The van der Waals surface area contributed by atoms with Gasteiger partial charge in [-0.15, -0.1) is 0 Å². The highest BCUT2D eigenvalue weighted by Crippen LogP contribution is 2.29. The standard InChI is InChI=1S/C16H14F3N3O2S/c1-24-13-7-5-12(6-8-13)20-15(25)22-21-14(23)10-3-2-4-11(9-10)16(17,18)19/h2-9H,1H3,(H,21,23)(H2,20,22,25). The fourth-order valence-corrected chi connectivity index (χ4v) is 2.03. The van der Waals surface area contributed by atoms with Crippen molar-refractivity contribution in [3.63, 3.8) is 0 Å². The Morgan fingerprint density at radius 2 is 1.76 bits per heavy atom. The molecule has 0 atom stereocenters. The first kappa shape index (κ1) is 18.5. The number of carbonyl (C=O) groups excluding carboxylic acids is 1. The number of amides is 1. The van der Waals surface area contributed by atoms with Crippen LogP contribution in [0.4, 0.5) is 18.9 Å². The van der Waals surface area contributed by atoms with Crippen LogP contribution in [-0.2, 0) is 6.18 Å². The second-order valence-corrected chi connectivity index (χ2v) is 5.25. The summed E-state index contributed by atoms with van der Waals surface area (Å²) in [7, 11) is 1.54. The second kappa shape index (κ2) is 7.84. The number of nitrogens with one attached hydrogen (secondary N) is 3. The zero-order valence-corrected chi connectivity index (χ0v) is 13.8. The molecule has 9 heteroatoms. The van der Waals surface area contributed by atoms with Gasteiger partial charge in [0.05, 0.1) is 12.7 Å². The molecule has 0 saturated carbocycles. The van der Waals surface area contributed by atoms with Crippen LogP contribution in [0.2, 0.25) is 0 Å². The average molecular weight is 369 g/mol. The van der Waals surface area contributed by atoms with Gasteiger partial charge in [0.15, 0.2) is 5.11 Å². The van der Waals surface area contributed by atoms with Crippen LogP contribution in [0, 0.1) is 0 Å². The molecule has 0 spiro atoms. The number of hydrogen-bond acceptors (Lipinski definition) is 3. The van der Waals surface area contributed by atoms with Crippen molar-refractivity contribution < 1.29 is 22.7 Å². The van der Waals surface area contributed by atoms with Crippen molar-refractivity contribution >= 4 is 28.9 Å². The number of alkyl halides is 3. The minimum Gasteiger partial charge on any atom is -0.497 e. The Morgan fingerprint density at radius 1 is 1.08 bits per heavy atom. The van der Waals surface area contributed by atoms with E-state index >= 15 is 0 Å². The number of anilines is 1. The number of hydrazine groups is 1. The van der Waals surface area contributed by atoms with Gasteiger partial charge in [0.2, 0.25) is 0 Å². The molecule has 0 heterocycles. The van der Waals surface area contributed by atoms with Crippen molar-refractivity contribution in [1.29, 1.82) is 0 Å². The molecule has 0 fully saturated rings. The van der Waals surface area contributed by atoms with Gasteiger partial charge in [0.1, 0.15) is 5.75 Å². The van der Waals surface area contributed by atoms with Crippen LogP contribution in [0.1, 0.15) is 15.9 Å². The maximum absolute atomic E-state index is 12.7. The predicted octanol–water partition coefficient (Wildman–Crippen LogP) is 3.35. The zero-order valence-electron chi connectivity index (χ0n) is 13.0. The Labute approximate surface area is 147 Å². The Morgan fingerprint density at radius 3 is 2.36 bits per heavy atom. The Hall–Kier alpha value is -2.81. The number of hydrogen-bond donors (Lipinski definition) is 3. The molecule has 1 amide bonds. The van der Waals surface area contributed by atoms with Gasteiger partial charge in [-0.05, 0) is 54.7 Å². The van der Waals surface area contributed by atoms with Crippen LogP contribution < -0.4 is 20.9 Å². The fourth-order valence-electron chi connectivity index (χ4n) is 1.86. The van der Waals surface area contributed by atoms with E-state index in [2.05, 4.69) is 16.2 Å². The van der Waals surface area contributed by atoms with Crippen molar-refractivity contribution in [1.82, 2.24) is 10.9 Å². The molecule has 2 aromatic carbocycles. The lowest BCUT2D eigenvalue weighted by molar-refractivity contribution is -0.137. The first-order valence-corrected chi connectivity index (χ1v) is 7.39. The van der Waals surface area contributed by atoms with Crippen LogP contribution in [0.5, 0.6) is 5.75 Å². The average Bonchev–Trinajstić information content (AvgIpc) is 2.59. The zero-order chi connectivity index (χ0) is 18.4. The van der Waals surface area contributed by atoms with Crippen molar-refractivity contribution in [2.45, 2.75) is 6.18 Å². The quantitative estimate of drug-likeness (QED) is 0.572. The molecule has 0 bridgehead atoms. The van der Waals surface area contributed by atoms with Crippen LogP contribution >= 0.6 is 12.2 Å². The van der Waals surface area contributed by atoms with Gasteiger partial charge in [-0.25, -0.2) is 0 Å². The molecule has 0 aliphatic carbocycles. The molecule has 3 N–H and O–H groups in total. The topological polar surface area (TPSA) is 62.4 Å². The second-order valence-electron chi connectivity index (χ2n) is 4.84. The molecule has 0 unspecified atom stereocenters. The molecular weight excluding hydrogens is 355 g/mol. The summed E-state index contributed by atoms with van der Waals surface area (Å²) < 4.78 is 43.0. The van der Waals surface area contributed by atoms with E-state index in [4.69, 9.17) is 17.0 Å². The van der Waals surface area contributed by atoms with Gasteiger partial charge in [0.25, 0.3) is 5.91 Å². The number of carbonyl (C=O) groups is 1. The summed E-state index contributed by atoms with van der Waals surface area (Å²) in [5, 5.41) is 2.88. The van der Waals surface area contributed by atoms with Crippen molar-refractivity contribution in [3.05, 3.63) is 59.7 Å². The molecule has 25 heavy (non-hydrogen) atoms. The van der Waals surface area contributed by atoms with Crippen molar-refractivity contribution in [2.75, 3.05) is 12.4 Å². The van der Waals surface area contributed by atoms with E-state index in [0.717, 1.165) is 18.2 Å². The normalized spacial score (nSPS) is 10.7. The van der Waals surface area contributed by atoms with Crippen LogP contribution in [0.15, 0.2) is 48.5 Å². The fraction of sp³-hybridized carbons (Fsp3) is 0.125. The molecule has 0 aromatic heterocycles. The summed E-state index contributed by atoms with van der Waals surface area (Å²) in [5.41, 5.74) is 4.26. The highest BCUT2D eigenvalue weighted by atomic mass is 32.1. The molecular formula is C16H14F3N3O2S. The number of halogens is 3. The van der Waals surface area contributed by atoms with Crippen LogP contribution in [0.25, 0.3) is 0 Å². The van der Waals surface area contributed by atoms with E-state index in [1.165, 1.54) is 13.2 Å². The van der Waals surface area contributed by atoms with E-state index < -0.39 is 17.6 Å². The lowest BCUT2D eigenvalue weighted by Gasteiger charge is -2.13. The largest absolute Gasteiger partial charge is 0.497 e. The summed E-state index contributed by atoms with van der Waals surface area (Å²) in [5.74, 6) is -0.0766. The third-order valence-corrected chi connectivity index (χ3v) is 3.29. The van der Waals surface area contributed by atoms with Crippen molar-refractivity contribution in [2.24, 2.45) is 0 Å². The smallest absolute Gasteiger partial charge is 0.416 e. The van der Waals surface area contributed by atoms with E-state index in [1.807, 2.05) is 0 Å². The minimum atomic E-state index is -4.52. The van der Waals surface area contributed by atoms with Gasteiger partial charge in [0, 0.05) is 11.3 Å². The van der Waals surface area contributed by atoms with Gasteiger partial charge in [-0.1, -0.05) is 6.07 Å². The Bertz CT molecular complexity index is 764. The molecule has 0 radical (unpaired) electrons. The Balaban J connectivity index is 1.91. The lowest BCUT2D eigenvalue weighted by Crippen LogP contribution is -2.43. The predicted molar refractivity (Wildman–Crippen MR) is 91.3 cm³/mol. The summed E-state index contributed by atoms with van der Waals surface area (Å²) >= 11 is 5.00. The lowest BCUT2D eigenvalue weighted by atomic mass is 10.1. The molecule has 2 rings (SSSR count). The maximum Gasteiger partial charge on any atom is 0.416 e. The Kier molecular flexibility index (Phi) is 5.81. The molecule has 0 aliphatic rings. The first-order chi connectivity index (χ1) is 11.8. The van der Waals surface area contributed by atoms with Crippen LogP contribution in [-0.4, -0.2) is 18.1 Å². The molecule has 0 aliphatic heterocycles. The summed E-state index contributed by atoms with van der Waals surface area (Å²) in [6, 6.07) is 10.9. The third kappa shape index (κ3) is 5.35. The van der Waals surface area contributed by atoms with E-state index in [-0.39, 0.29) is 10.7 Å². The highest BCUT2D eigenvalue weighted by molar-refractivity contribution is 7.80. The number of benzene rings is 2. The maximum atomic E-state index is 12.7. The highest BCUT2D eigenvalue weighted by Gasteiger charge is 2.30. The molecule has 5 nitrogen and oxygen atoms in total. The third-order valence-electron chi connectivity index (χ3n) is 3.09. The summed E-state index contributed by atoms with van der Waals surface area (Å²) in [6.07, 6.45) is -4.52. The van der Waals surface area contributed by atoms with Gasteiger partial charge < -0.3 is 10.1 Å². The molecule has 0 saturated heterocycles. The summed E-state index contributed by atoms with van der Waals surface area (Å²) in [4.78, 5) is 11.9. The van der Waals surface area contributed by atoms with Crippen LogP contribution in [0.3, 0.4) is 0 Å². The number of ether oxygens (including phenoxy) is 1. The molecule has 132 valence electrons. The van der Waals surface area contributed by atoms with Crippen molar-refractivity contribution in [3.8, 4) is 5.75 Å². The van der Waals surface area contributed by atoms with E-state index in [9.17, 15) is 18.0 Å². The van der Waals surface area contributed by atoms with Gasteiger partial charge in [-0.2, -0.15) is 13.2 Å². The SMILES string of the molecule is COc1ccc(NC(=S)NNC(=O)c2cccc(C(F)(F)F)c2)cc1.